The number of imidazole rings is 1. The Bertz CT molecular complexity index is 1500. The first kappa shape index (κ1) is 25.4. The SMILES string of the molecule is COc1ccc(-n2ccc3c(=O)n(CC4(O)CCN(C(=O)[C@@H]5CCCC[C@H]5n5ccnc5)CC4)cnc32)cc1. The molecule has 3 aromatic heterocycles. The topological polar surface area (TPSA) is 107 Å². The fraction of sp³-hybridized carbons (Fsp3) is 0.448. The summed E-state index contributed by atoms with van der Waals surface area (Å²) < 4.78 is 10.7. The van der Waals surface area contributed by atoms with Crippen molar-refractivity contribution in [2.75, 3.05) is 20.2 Å². The predicted octanol–water partition coefficient (Wildman–Crippen LogP) is 3.18. The molecule has 1 amide bonds. The summed E-state index contributed by atoms with van der Waals surface area (Å²) in [5.74, 6) is 0.849. The van der Waals surface area contributed by atoms with E-state index in [1.54, 1.807) is 25.7 Å². The smallest absolute Gasteiger partial charge is 0.262 e. The third-order valence-electron chi connectivity index (χ3n) is 8.45. The summed E-state index contributed by atoms with van der Waals surface area (Å²) >= 11 is 0. The van der Waals surface area contributed by atoms with Gasteiger partial charge in [-0.05, 0) is 56.0 Å². The summed E-state index contributed by atoms with van der Waals surface area (Å²) in [5.41, 5.74) is 0.169. The van der Waals surface area contributed by atoms with Crippen LogP contribution < -0.4 is 10.3 Å². The Morgan fingerprint density at radius 1 is 1.08 bits per heavy atom. The molecule has 2 aliphatic rings. The van der Waals surface area contributed by atoms with Crippen LogP contribution in [0.15, 0.2) is 66.4 Å². The minimum Gasteiger partial charge on any atom is -0.497 e. The van der Waals surface area contributed by atoms with Gasteiger partial charge in [0.15, 0.2) is 5.65 Å². The Morgan fingerprint density at radius 2 is 1.85 bits per heavy atom. The van der Waals surface area contributed by atoms with Crippen LogP contribution in [-0.2, 0) is 11.3 Å². The van der Waals surface area contributed by atoms with Crippen LogP contribution >= 0.6 is 0 Å². The fourth-order valence-corrected chi connectivity index (χ4v) is 6.19. The van der Waals surface area contributed by atoms with E-state index in [4.69, 9.17) is 4.74 Å². The molecule has 0 radical (unpaired) electrons. The highest BCUT2D eigenvalue weighted by Gasteiger charge is 2.39. The van der Waals surface area contributed by atoms with E-state index in [0.29, 0.717) is 37.0 Å². The van der Waals surface area contributed by atoms with Crippen molar-refractivity contribution in [3.8, 4) is 11.4 Å². The van der Waals surface area contributed by atoms with Gasteiger partial charge in [0, 0.05) is 43.4 Å². The van der Waals surface area contributed by atoms with E-state index >= 15 is 0 Å². The van der Waals surface area contributed by atoms with Crippen LogP contribution in [-0.4, -0.2) is 65.4 Å². The van der Waals surface area contributed by atoms with E-state index in [0.717, 1.165) is 37.1 Å². The van der Waals surface area contributed by atoms with Gasteiger partial charge in [-0.15, -0.1) is 0 Å². The maximum absolute atomic E-state index is 13.5. The van der Waals surface area contributed by atoms with Gasteiger partial charge in [0.1, 0.15) is 12.1 Å². The molecule has 0 unspecified atom stereocenters. The predicted molar refractivity (Wildman–Crippen MR) is 146 cm³/mol. The zero-order chi connectivity index (χ0) is 27.0. The Labute approximate surface area is 226 Å². The Balaban J connectivity index is 1.14. The van der Waals surface area contributed by atoms with Crippen molar-refractivity contribution in [2.24, 2.45) is 5.92 Å². The number of amides is 1. The highest BCUT2D eigenvalue weighted by atomic mass is 16.5. The lowest BCUT2D eigenvalue weighted by Gasteiger charge is -2.41. The number of likely N-dealkylation sites (tertiary alicyclic amines) is 1. The zero-order valence-corrected chi connectivity index (χ0v) is 22.1. The van der Waals surface area contributed by atoms with E-state index in [2.05, 4.69) is 14.5 Å². The second-order valence-electron chi connectivity index (χ2n) is 10.8. The van der Waals surface area contributed by atoms with Crippen molar-refractivity contribution in [1.29, 1.82) is 0 Å². The Kier molecular flexibility index (Phi) is 6.72. The van der Waals surface area contributed by atoms with Gasteiger partial charge in [-0.3, -0.25) is 14.2 Å². The molecule has 2 atom stereocenters. The van der Waals surface area contributed by atoms with Crippen LogP contribution in [0.5, 0.6) is 5.75 Å². The number of aliphatic hydroxyl groups is 1. The average molecular weight is 531 g/mol. The van der Waals surface area contributed by atoms with Crippen LogP contribution in [0.1, 0.15) is 44.6 Å². The Hall–Kier alpha value is -3.92. The third-order valence-corrected chi connectivity index (χ3v) is 8.45. The standard InChI is InChI=1S/C29H34N6O4/c1-39-22-8-6-21(7-9-22)35-14-10-24-26(35)31-20-34(28(24)37)18-29(38)11-15-32(16-12-29)27(36)23-4-2-3-5-25(23)33-17-13-30-19-33/h6-10,13-14,17,19-20,23,25,38H,2-5,11-12,15-16,18H2,1H3/t23-,25-/m1/s1. The van der Waals surface area contributed by atoms with Gasteiger partial charge >= 0.3 is 0 Å². The summed E-state index contributed by atoms with van der Waals surface area (Å²) in [6, 6.07) is 9.44. The molecule has 6 rings (SSSR count). The van der Waals surface area contributed by atoms with Gasteiger partial charge in [0.2, 0.25) is 5.91 Å². The molecular weight excluding hydrogens is 496 g/mol. The lowest BCUT2D eigenvalue weighted by Crippen LogP contribution is -2.51. The quantitative estimate of drug-likeness (QED) is 0.410. The molecule has 1 saturated heterocycles. The number of methoxy groups -OCH3 is 1. The van der Waals surface area contributed by atoms with Crippen molar-refractivity contribution in [1.82, 2.24) is 28.6 Å². The second-order valence-corrected chi connectivity index (χ2v) is 10.8. The molecule has 10 nitrogen and oxygen atoms in total. The average Bonchev–Trinajstić information content (AvgIpc) is 3.66. The number of piperidine rings is 1. The van der Waals surface area contributed by atoms with Crippen LogP contribution in [0.25, 0.3) is 16.7 Å². The maximum Gasteiger partial charge on any atom is 0.262 e. The van der Waals surface area contributed by atoms with Crippen molar-refractivity contribution in [3.63, 3.8) is 0 Å². The summed E-state index contributed by atoms with van der Waals surface area (Å²) in [6.07, 6.45) is 13.7. The number of carbonyl (C=O) groups is 1. The van der Waals surface area contributed by atoms with E-state index < -0.39 is 5.60 Å². The summed E-state index contributed by atoms with van der Waals surface area (Å²) in [5, 5.41) is 11.9. The van der Waals surface area contributed by atoms with Gasteiger partial charge in [-0.1, -0.05) is 12.8 Å². The molecule has 1 aromatic carbocycles. The highest BCUT2D eigenvalue weighted by Crippen LogP contribution is 2.36. The Morgan fingerprint density at radius 3 is 2.56 bits per heavy atom. The molecule has 1 N–H and O–H groups in total. The van der Waals surface area contributed by atoms with Crippen molar-refractivity contribution in [2.45, 2.75) is 56.7 Å². The monoisotopic (exact) mass is 530 g/mol. The number of hydrogen-bond donors (Lipinski definition) is 1. The number of fused-ring (bicyclic) bond motifs is 1. The number of rotatable bonds is 6. The van der Waals surface area contributed by atoms with E-state index in [1.165, 1.54) is 10.9 Å². The van der Waals surface area contributed by atoms with Crippen LogP contribution in [0.4, 0.5) is 0 Å². The molecule has 2 fully saturated rings. The number of aromatic nitrogens is 5. The number of benzene rings is 1. The first-order valence-corrected chi connectivity index (χ1v) is 13.7. The lowest BCUT2D eigenvalue weighted by atomic mass is 9.82. The van der Waals surface area contributed by atoms with Crippen LogP contribution in [0, 0.1) is 5.92 Å². The van der Waals surface area contributed by atoms with Gasteiger partial charge in [0.25, 0.3) is 5.56 Å². The highest BCUT2D eigenvalue weighted by molar-refractivity contribution is 5.79. The number of ether oxygens (including phenoxy) is 1. The maximum atomic E-state index is 13.5. The molecule has 0 bridgehead atoms. The minimum atomic E-state index is -1.08. The van der Waals surface area contributed by atoms with E-state index in [-0.39, 0.29) is 30.0 Å². The molecule has 1 aliphatic heterocycles. The lowest BCUT2D eigenvalue weighted by molar-refractivity contribution is -0.142. The molecule has 39 heavy (non-hydrogen) atoms. The first-order chi connectivity index (χ1) is 19.0. The molecule has 1 aliphatic carbocycles. The van der Waals surface area contributed by atoms with Crippen molar-refractivity contribution >= 4 is 16.9 Å². The molecule has 0 spiro atoms. The zero-order valence-electron chi connectivity index (χ0n) is 22.1. The molecular formula is C29H34N6O4. The molecule has 204 valence electrons. The van der Waals surface area contributed by atoms with Gasteiger partial charge in [0.05, 0.1) is 36.9 Å². The van der Waals surface area contributed by atoms with Gasteiger partial charge in [-0.2, -0.15) is 0 Å². The number of carbonyl (C=O) groups excluding carboxylic acids is 1. The normalized spacial score (nSPS) is 21.2. The van der Waals surface area contributed by atoms with E-state index in [1.807, 2.05) is 46.1 Å². The van der Waals surface area contributed by atoms with Crippen LogP contribution in [0.2, 0.25) is 0 Å². The molecule has 10 heteroatoms. The third kappa shape index (κ3) is 4.85. The molecule has 1 saturated carbocycles. The first-order valence-electron chi connectivity index (χ1n) is 13.7. The van der Waals surface area contributed by atoms with Gasteiger partial charge < -0.3 is 23.9 Å². The van der Waals surface area contributed by atoms with Gasteiger partial charge in [-0.25, -0.2) is 9.97 Å². The van der Waals surface area contributed by atoms with E-state index in [9.17, 15) is 14.7 Å². The van der Waals surface area contributed by atoms with Crippen molar-refractivity contribution in [3.05, 3.63) is 71.9 Å². The summed E-state index contributed by atoms with van der Waals surface area (Å²) in [4.78, 5) is 37.5. The summed E-state index contributed by atoms with van der Waals surface area (Å²) in [7, 11) is 1.62. The molecule has 4 aromatic rings. The molecule has 4 heterocycles. The minimum absolute atomic E-state index is 0.0666. The van der Waals surface area contributed by atoms with Crippen molar-refractivity contribution < 1.29 is 14.6 Å². The fourth-order valence-electron chi connectivity index (χ4n) is 6.19. The number of nitrogens with zero attached hydrogens (tertiary/aromatic N) is 6. The number of hydrogen-bond acceptors (Lipinski definition) is 6. The summed E-state index contributed by atoms with van der Waals surface area (Å²) in [6.45, 7) is 1.09. The van der Waals surface area contributed by atoms with Crippen LogP contribution in [0.3, 0.4) is 0 Å². The second kappa shape index (κ2) is 10.3. The largest absolute Gasteiger partial charge is 0.497 e.